The maximum atomic E-state index is 11.8. The summed E-state index contributed by atoms with van der Waals surface area (Å²) in [6.45, 7) is 33.5. The fraction of sp³-hybridized carbons (Fsp3) is 0.257. The van der Waals surface area contributed by atoms with Gasteiger partial charge in [-0.15, -0.1) is 168 Å². The molecule has 20 nitrogen and oxygen atoms in total. The van der Waals surface area contributed by atoms with Crippen LogP contribution >= 0.6 is 0 Å². The van der Waals surface area contributed by atoms with Crippen molar-refractivity contribution >= 4 is 80.7 Å². The van der Waals surface area contributed by atoms with Crippen LogP contribution in [0.3, 0.4) is 0 Å². The third kappa shape index (κ3) is 37.6. The SMILES string of the molecule is CC(=[OH+])C=C(C)O.CC(=[OH+])C=C(C)O.CC(=[OH+])C=C(C)O.CC(=[OH+])C=C(C)O.CC(O)=CC(C)[OH2+].CC1(C)C(c2[c-]cccc2)=Nc2ccccc2C1(C)C.CC1(C)Oc2ccccc2N=C1c1[c-]cccc1.CN1c2ccccc2N=C(c2[c-]cccc2)C1(C)C.O=c1oc(-c2[c-]cccc2)nc2c1C=CCC2.[Ir].[Ir].[Ir].[Ir].[Ir].[c-]1ccccc1C1=Nc2ccccc2CO1. The summed E-state index contributed by atoms with van der Waals surface area (Å²) in [5.41, 5.74) is 15.9. The number of anilines is 1. The Hall–Kier alpha value is -10.7. The summed E-state index contributed by atoms with van der Waals surface area (Å²) in [7, 11) is 2.12. The van der Waals surface area contributed by atoms with Gasteiger partial charge >= 0.3 is 28.8 Å². The minimum absolute atomic E-state index is 0. The zero-order valence-corrected chi connectivity index (χ0v) is 88.5. The van der Waals surface area contributed by atoms with E-state index in [1.165, 1.54) is 97.0 Å². The van der Waals surface area contributed by atoms with Gasteiger partial charge in [-0.3, -0.25) is 39.1 Å². The van der Waals surface area contributed by atoms with E-state index in [2.05, 4.69) is 154 Å². The Bertz CT molecular complexity index is 5550. The molecule has 5 radical (unpaired) electrons. The molecule has 9 aromatic carbocycles. The number of aryl methyl sites for hydroxylation is 1. The van der Waals surface area contributed by atoms with Crippen LogP contribution in [0.25, 0.3) is 17.5 Å². The normalized spacial score (nSPS) is 14.5. The van der Waals surface area contributed by atoms with Crippen molar-refractivity contribution in [2.45, 2.75) is 167 Å². The van der Waals surface area contributed by atoms with Gasteiger partial charge in [0.2, 0.25) is 0 Å². The summed E-state index contributed by atoms with van der Waals surface area (Å²) in [5, 5.41) is 48.9. The van der Waals surface area contributed by atoms with E-state index in [-0.39, 0.29) is 181 Å². The number of hydrogen-bond donors (Lipinski definition) is 5. The number of aromatic nitrogens is 1. The molecular formula is C105H118Ir5N6O14. The van der Waals surface area contributed by atoms with Gasteiger partial charge in [0.1, 0.15) is 29.7 Å². The summed E-state index contributed by atoms with van der Waals surface area (Å²) in [5.74, 6) is 3.06. The Morgan fingerprint density at radius 2 is 0.854 bits per heavy atom. The number of likely N-dealkylation sites (N-methyl/N-ethyl adjacent to an activating group) is 1. The van der Waals surface area contributed by atoms with E-state index in [4.69, 9.17) is 78.7 Å². The molecule has 1 unspecified atom stereocenters. The van der Waals surface area contributed by atoms with Crippen LogP contribution in [-0.4, -0.2) is 125 Å². The number of carbonyl (C=O) groups excluding carboxylic acids is 4. The summed E-state index contributed by atoms with van der Waals surface area (Å²) in [6.07, 6.45) is 11.8. The second-order valence-corrected chi connectivity index (χ2v) is 31.5. The van der Waals surface area contributed by atoms with Gasteiger partial charge in [0.25, 0.3) is 0 Å². The van der Waals surface area contributed by atoms with Gasteiger partial charge in [-0.1, -0.05) is 106 Å². The molecule has 15 rings (SSSR count). The first-order chi connectivity index (χ1) is 59.1. The minimum Gasteiger partial charge on any atom is -0.515 e. The predicted molar refractivity (Wildman–Crippen MR) is 510 cm³/mol. The van der Waals surface area contributed by atoms with Crippen LogP contribution in [0.1, 0.15) is 176 Å². The third-order valence-electron chi connectivity index (χ3n) is 19.2. The number of hydrogen-bond acceptors (Lipinski definition) is 15. The van der Waals surface area contributed by atoms with Crippen molar-refractivity contribution in [2.75, 3.05) is 11.9 Å². The molecule has 0 saturated heterocycles. The van der Waals surface area contributed by atoms with Gasteiger partial charge in [-0.25, -0.2) is 4.79 Å². The maximum absolute atomic E-state index is 11.8. The predicted octanol–water partition coefficient (Wildman–Crippen LogP) is 22.7. The van der Waals surface area contributed by atoms with Crippen molar-refractivity contribution in [2.24, 2.45) is 25.4 Å². The second kappa shape index (κ2) is 57.4. The van der Waals surface area contributed by atoms with Crippen LogP contribution < -0.4 is 15.3 Å². The summed E-state index contributed by atoms with van der Waals surface area (Å²) in [6, 6.07) is 87.6. The molecule has 11 N–H and O–H groups in total. The molecular weight excluding hydrogens is 2530 g/mol. The summed E-state index contributed by atoms with van der Waals surface area (Å²) in [4.78, 5) is 71.1. The van der Waals surface area contributed by atoms with Gasteiger partial charge in [-0.05, 0) is 145 Å². The molecule has 4 aliphatic heterocycles. The Morgan fingerprint density at radius 1 is 0.462 bits per heavy atom. The number of fused-ring (bicyclic) bond motifs is 5. The zero-order chi connectivity index (χ0) is 92.2. The van der Waals surface area contributed by atoms with Crippen LogP contribution in [0, 0.1) is 35.7 Å². The van der Waals surface area contributed by atoms with E-state index in [1.807, 2.05) is 172 Å². The monoisotopic (exact) mass is 2650 g/mol. The number of ether oxygens (including phenoxy) is 2. The average Bonchev–Trinajstić information content (AvgIpc) is 0.735. The van der Waals surface area contributed by atoms with Crippen molar-refractivity contribution in [3.63, 3.8) is 0 Å². The number of para-hydroxylation sites is 6. The quantitative estimate of drug-likeness (QED) is 0.0371. The number of allylic oxidation sites excluding steroid dienone is 10. The van der Waals surface area contributed by atoms with Crippen LogP contribution in [0.5, 0.6) is 5.75 Å². The van der Waals surface area contributed by atoms with E-state index < -0.39 is 5.60 Å². The molecule has 0 fully saturated rings. The van der Waals surface area contributed by atoms with Crippen LogP contribution in [0.15, 0.2) is 313 Å². The van der Waals surface area contributed by atoms with E-state index in [1.54, 1.807) is 26.0 Å². The van der Waals surface area contributed by atoms with Crippen molar-refractivity contribution in [3.8, 4) is 17.2 Å². The first kappa shape index (κ1) is 117. The molecule has 1 aliphatic carbocycles. The largest absolute Gasteiger partial charge is 0.515 e. The number of rotatable bonds is 10. The molecule has 0 amide bonds. The van der Waals surface area contributed by atoms with E-state index >= 15 is 0 Å². The number of nitrogens with zero attached hydrogens (tertiary/aromatic N) is 6. The molecule has 0 spiro atoms. The minimum atomic E-state index is -0.438. The Balaban J connectivity index is 0.000000740. The Labute approximate surface area is 833 Å². The second-order valence-electron chi connectivity index (χ2n) is 31.5. The molecule has 25 heteroatoms. The molecule has 1 atom stereocenters. The van der Waals surface area contributed by atoms with Gasteiger partial charge in [0.15, 0.2) is 6.10 Å². The van der Waals surface area contributed by atoms with E-state index in [0.29, 0.717) is 29.5 Å². The van der Waals surface area contributed by atoms with Crippen LogP contribution in [-0.2, 0) is 124 Å². The van der Waals surface area contributed by atoms with Crippen molar-refractivity contribution in [1.29, 1.82) is 0 Å². The van der Waals surface area contributed by atoms with Gasteiger partial charge in [-0.2, -0.15) is 0 Å². The molecule has 5 heterocycles. The number of benzene rings is 9. The first-order valence-electron chi connectivity index (χ1n) is 40.6. The van der Waals surface area contributed by atoms with Gasteiger partial charge < -0.3 is 54.4 Å². The maximum Gasteiger partial charge on any atom is 0.337 e. The molecule has 697 valence electrons. The Kier molecular flexibility index (Phi) is 51.8. The molecule has 0 saturated carbocycles. The average molecular weight is 2650 g/mol. The molecule has 130 heavy (non-hydrogen) atoms. The fourth-order valence-corrected chi connectivity index (χ4v) is 12.7. The van der Waals surface area contributed by atoms with Crippen molar-refractivity contribution < 1.29 is 164 Å². The molecule has 5 aliphatic rings. The number of aliphatic hydroxyl groups excluding tert-OH is 5. The van der Waals surface area contributed by atoms with E-state index in [0.717, 1.165) is 92.0 Å². The van der Waals surface area contributed by atoms with Crippen molar-refractivity contribution in [3.05, 3.63) is 369 Å². The number of aliphatic imine (C=N–C) groups is 4. The zero-order valence-electron chi connectivity index (χ0n) is 76.5. The van der Waals surface area contributed by atoms with Gasteiger partial charge in [0.05, 0.1) is 115 Å². The fourth-order valence-electron chi connectivity index (χ4n) is 12.7. The first-order valence-corrected chi connectivity index (χ1v) is 40.6. The third-order valence-corrected chi connectivity index (χ3v) is 19.2. The van der Waals surface area contributed by atoms with Crippen LogP contribution in [0.2, 0.25) is 0 Å². The van der Waals surface area contributed by atoms with Gasteiger partial charge in [0, 0.05) is 143 Å². The number of aliphatic hydroxyl groups is 5. The molecule has 1 aromatic heterocycles. The smallest absolute Gasteiger partial charge is 0.337 e. The number of ketones is 4. The molecule has 0 bridgehead atoms. The van der Waals surface area contributed by atoms with Crippen molar-refractivity contribution in [1.82, 2.24) is 4.98 Å². The standard InChI is InChI=1S/C19H20N.C17H17N2.C16H14NO.C14H10NO2.C14H10NO.C5H10O2.4C5H8O2.5Ir/c1-18(2)15-12-8-9-13-16(15)20-17(19(18,3)4)14-10-6-5-7-11-14;1-17(2)16(13-9-5-4-6-10-13)18-14-11-7-8-12-15(14)19(17)3;1-16(2)15(12-8-4-3-5-9-12)17-13-10-6-7-11-14(13)18-16;16-14-11-8-4-5-9-12(11)15-13(17-14)10-6-2-1-3-7-10;1-2-6-11(7-3-1)14-15-13-9-5-4-8-12(13)10-16-14;5*1-4(6)3-5(2)7;;;;;/h5-10,12-13H,1-4H3;4-9,11-12H,1-3H3;3-8,10-11H,1-2H3;1-4,6,8H,5,9H2;1-6,8-9H,10H2;3-4,6-7H,1-2H3;4*3,6H,1-2H3;;;;;/q5*-1;;;;;;;;;;/p+5. The van der Waals surface area contributed by atoms with Crippen LogP contribution in [0.4, 0.5) is 28.4 Å². The van der Waals surface area contributed by atoms with E-state index in [9.17, 15) is 4.79 Å². The summed E-state index contributed by atoms with van der Waals surface area (Å²) < 4.78 is 16.9. The summed E-state index contributed by atoms with van der Waals surface area (Å²) >= 11 is 0. The molecule has 10 aromatic rings. The Morgan fingerprint density at radius 3 is 1.29 bits per heavy atom. The topological polar surface area (TPSA) is 324 Å².